The normalized spacial score (nSPS) is 12.1. The Balaban J connectivity index is 2.13. The van der Waals surface area contributed by atoms with Gasteiger partial charge in [0.15, 0.2) is 10.9 Å². The summed E-state index contributed by atoms with van der Waals surface area (Å²) in [7, 11) is 0. The van der Waals surface area contributed by atoms with E-state index in [0.29, 0.717) is 22.4 Å². The van der Waals surface area contributed by atoms with Crippen LogP contribution in [0, 0.1) is 0 Å². The van der Waals surface area contributed by atoms with E-state index >= 15 is 0 Å². The molecule has 0 aliphatic heterocycles. The summed E-state index contributed by atoms with van der Waals surface area (Å²) in [6, 6.07) is 10.6. The molecule has 0 unspecified atom stereocenters. The first-order valence-electron chi connectivity index (χ1n) is 5.72. The molecule has 2 aromatic rings. The molecule has 1 heterocycles. The summed E-state index contributed by atoms with van der Waals surface area (Å²) in [6.07, 6.45) is 0. The number of carbonyl (C=O) groups excluding carboxylic acids is 1. The van der Waals surface area contributed by atoms with Gasteiger partial charge in [-0.3, -0.25) is 4.79 Å². The molecule has 2 rings (SSSR count). The number of hydrogen-bond donors (Lipinski definition) is 2. The second kappa shape index (κ2) is 5.71. The molecule has 5 nitrogen and oxygen atoms in total. The van der Waals surface area contributed by atoms with Crippen molar-refractivity contribution in [2.45, 2.75) is 17.3 Å². The van der Waals surface area contributed by atoms with Crippen LogP contribution in [0.3, 0.4) is 0 Å². The maximum atomic E-state index is 12.2. The van der Waals surface area contributed by atoms with Crippen molar-refractivity contribution in [1.82, 2.24) is 9.97 Å². The second-order valence-corrected chi connectivity index (χ2v) is 5.30. The van der Waals surface area contributed by atoms with Gasteiger partial charge in [-0.1, -0.05) is 42.1 Å². The Hall–Kier alpha value is -2.08. The molecule has 0 spiro atoms. The smallest absolute Gasteiger partial charge is 0.192 e. The van der Waals surface area contributed by atoms with Gasteiger partial charge in [0.05, 0.1) is 5.25 Å². The van der Waals surface area contributed by atoms with Crippen LogP contribution in [0.15, 0.2) is 41.6 Å². The van der Waals surface area contributed by atoms with Gasteiger partial charge in [0.2, 0.25) is 0 Å². The van der Waals surface area contributed by atoms with E-state index in [-0.39, 0.29) is 11.0 Å². The van der Waals surface area contributed by atoms with E-state index in [0.717, 1.165) is 0 Å². The van der Waals surface area contributed by atoms with Crippen molar-refractivity contribution in [3.8, 4) is 0 Å². The van der Waals surface area contributed by atoms with Crippen LogP contribution in [-0.4, -0.2) is 21.0 Å². The van der Waals surface area contributed by atoms with E-state index in [9.17, 15) is 4.79 Å². The molecule has 0 aliphatic carbocycles. The molecule has 0 saturated heterocycles. The Morgan fingerprint density at radius 2 is 1.74 bits per heavy atom. The topological polar surface area (TPSA) is 94.9 Å². The van der Waals surface area contributed by atoms with Crippen molar-refractivity contribution < 1.29 is 4.79 Å². The molecule has 19 heavy (non-hydrogen) atoms. The van der Waals surface area contributed by atoms with Gasteiger partial charge >= 0.3 is 0 Å². The third-order valence-electron chi connectivity index (χ3n) is 2.45. The Labute approximate surface area is 115 Å². The van der Waals surface area contributed by atoms with Crippen LogP contribution in [0.2, 0.25) is 0 Å². The second-order valence-electron chi connectivity index (χ2n) is 3.99. The Bertz CT molecular complexity index is 568. The summed E-state index contributed by atoms with van der Waals surface area (Å²) in [6.45, 7) is 1.81. The zero-order valence-electron chi connectivity index (χ0n) is 10.4. The van der Waals surface area contributed by atoms with Gasteiger partial charge in [0.25, 0.3) is 0 Å². The predicted molar refractivity (Wildman–Crippen MR) is 76.9 cm³/mol. The van der Waals surface area contributed by atoms with Crippen LogP contribution in [0.25, 0.3) is 0 Å². The van der Waals surface area contributed by atoms with E-state index < -0.39 is 0 Å². The molecule has 1 atom stereocenters. The van der Waals surface area contributed by atoms with Crippen molar-refractivity contribution in [2.24, 2.45) is 0 Å². The van der Waals surface area contributed by atoms with Crippen LogP contribution < -0.4 is 11.5 Å². The van der Waals surface area contributed by atoms with Crippen molar-refractivity contribution in [3.05, 3.63) is 42.0 Å². The standard InChI is InChI=1S/C13H14N4OS/c1-8(12(18)9-5-3-2-4-6-9)19-13-16-10(14)7-11(15)17-13/h2-8H,1H3,(H4,14,15,16,17)/t8-/m1/s1. The van der Waals surface area contributed by atoms with Crippen molar-refractivity contribution in [2.75, 3.05) is 11.5 Å². The molecular formula is C13H14N4OS. The van der Waals surface area contributed by atoms with Crippen molar-refractivity contribution in [1.29, 1.82) is 0 Å². The first kappa shape index (κ1) is 13.4. The molecule has 0 saturated carbocycles. The number of rotatable bonds is 4. The van der Waals surface area contributed by atoms with Gasteiger partial charge in [0.1, 0.15) is 11.6 Å². The average Bonchev–Trinajstić information content (AvgIpc) is 2.37. The highest BCUT2D eigenvalue weighted by Crippen LogP contribution is 2.24. The number of nitrogens with two attached hydrogens (primary N) is 2. The molecule has 0 aliphatic rings. The van der Waals surface area contributed by atoms with Crippen LogP contribution >= 0.6 is 11.8 Å². The lowest BCUT2D eigenvalue weighted by molar-refractivity contribution is 0.0994. The first-order valence-corrected chi connectivity index (χ1v) is 6.60. The molecular weight excluding hydrogens is 260 g/mol. The minimum Gasteiger partial charge on any atom is -0.383 e. The molecule has 4 N–H and O–H groups in total. The van der Waals surface area contributed by atoms with Gasteiger partial charge in [-0.15, -0.1) is 0 Å². The number of hydrogen-bond acceptors (Lipinski definition) is 6. The Morgan fingerprint density at radius 3 is 2.32 bits per heavy atom. The first-order chi connectivity index (χ1) is 9.06. The lowest BCUT2D eigenvalue weighted by atomic mass is 10.1. The molecule has 1 aromatic heterocycles. The highest BCUT2D eigenvalue weighted by Gasteiger charge is 2.17. The lowest BCUT2D eigenvalue weighted by Crippen LogP contribution is -2.14. The van der Waals surface area contributed by atoms with Crippen LogP contribution in [0.5, 0.6) is 0 Å². The highest BCUT2D eigenvalue weighted by molar-refractivity contribution is 8.00. The molecule has 6 heteroatoms. The van der Waals surface area contributed by atoms with Gasteiger partial charge in [-0.2, -0.15) is 0 Å². The molecule has 0 bridgehead atoms. The fourth-order valence-electron chi connectivity index (χ4n) is 1.56. The monoisotopic (exact) mass is 274 g/mol. The zero-order chi connectivity index (χ0) is 13.8. The summed E-state index contributed by atoms with van der Waals surface area (Å²) >= 11 is 1.24. The third kappa shape index (κ3) is 3.45. The molecule has 0 fully saturated rings. The third-order valence-corrected chi connectivity index (χ3v) is 3.42. The van der Waals surface area contributed by atoms with E-state index in [1.54, 1.807) is 12.1 Å². The quantitative estimate of drug-likeness (QED) is 0.503. The number of Topliss-reactive ketones (excluding diaryl/α,β-unsaturated/α-hetero) is 1. The van der Waals surface area contributed by atoms with E-state index in [2.05, 4.69) is 9.97 Å². The number of benzene rings is 1. The number of nitrogen functional groups attached to an aromatic ring is 2. The van der Waals surface area contributed by atoms with Crippen LogP contribution in [0.4, 0.5) is 11.6 Å². The van der Waals surface area contributed by atoms with Crippen molar-refractivity contribution >= 4 is 29.2 Å². The molecule has 0 radical (unpaired) electrons. The number of ketones is 1. The van der Waals surface area contributed by atoms with Crippen molar-refractivity contribution in [3.63, 3.8) is 0 Å². The minimum atomic E-state index is -0.302. The highest BCUT2D eigenvalue weighted by atomic mass is 32.2. The van der Waals surface area contributed by atoms with Gasteiger partial charge in [-0.05, 0) is 6.92 Å². The number of anilines is 2. The van der Waals surface area contributed by atoms with Gasteiger partial charge in [0, 0.05) is 11.6 Å². The lowest BCUT2D eigenvalue weighted by Gasteiger charge is -2.09. The SMILES string of the molecule is C[C@@H](Sc1nc(N)cc(N)n1)C(=O)c1ccccc1. The summed E-state index contributed by atoms with van der Waals surface area (Å²) in [5.74, 6) is 0.624. The zero-order valence-corrected chi connectivity index (χ0v) is 11.2. The van der Waals surface area contributed by atoms with Crippen LogP contribution in [-0.2, 0) is 0 Å². The molecule has 98 valence electrons. The number of aromatic nitrogens is 2. The Kier molecular flexibility index (Phi) is 4.01. The van der Waals surface area contributed by atoms with Gasteiger partial charge in [-0.25, -0.2) is 9.97 Å². The number of thioether (sulfide) groups is 1. The summed E-state index contributed by atoms with van der Waals surface area (Å²) < 4.78 is 0. The molecule has 0 amide bonds. The summed E-state index contributed by atoms with van der Waals surface area (Å²) in [5.41, 5.74) is 11.9. The molecule has 1 aromatic carbocycles. The number of carbonyl (C=O) groups is 1. The fraction of sp³-hybridized carbons (Fsp3) is 0.154. The average molecular weight is 274 g/mol. The van der Waals surface area contributed by atoms with Gasteiger partial charge < -0.3 is 11.5 Å². The van der Waals surface area contributed by atoms with E-state index in [1.807, 2.05) is 25.1 Å². The maximum Gasteiger partial charge on any atom is 0.192 e. The Morgan fingerprint density at radius 1 is 1.16 bits per heavy atom. The largest absolute Gasteiger partial charge is 0.383 e. The predicted octanol–water partition coefficient (Wildman–Crippen LogP) is 2.00. The fourth-order valence-corrected chi connectivity index (χ4v) is 2.44. The van der Waals surface area contributed by atoms with E-state index in [1.165, 1.54) is 17.8 Å². The van der Waals surface area contributed by atoms with Crippen LogP contribution in [0.1, 0.15) is 17.3 Å². The summed E-state index contributed by atoms with van der Waals surface area (Å²) in [5, 5.41) is 0.109. The summed E-state index contributed by atoms with van der Waals surface area (Å²) in [4.78, 5) is 20.3. The minimum absolute atomic E-state index is 0.0233. The maximum absolute atomic E-state index is 12.2. The van der Waals surface area contributed by atoms with E-state index in [4.69, 9.17) is 11.5 Å². The number of nitrogens with zero attached hydrogens (tertiary/aromatic N) is 2.